The SMILES string of the molecule is Cc1c(-c2ccccc2)oc2c(S(=O)(=O)CCCCCBr)cccc2c1=O. The maximum atomic E-state index is 12.9. The van der Waals surface area contributed by atoms with Crippen LogP contribution in [0.2, 0.25) is 0 Å². The van der Waals surface area contributed by atoms with Gasteiger partial charge in [0, 0.05) is 16.5 Å². The van der Waals surface area contributed by atoms with Crippen LogP contribution in [0.5, 0.6) is 0 Å². The molecule has 0 unspecified atom stereocenters. The van der Waals surface area contributed by atoms with Crippen LogP contribution < -0.4 is 5.43 Å². The maximum Gasteiger partial charge on any atom is 0.196 e. The average Bonchev–Trinajstić information content (AvgIpc) is 2.68. The highest BCUT2D eigenvalue weighted by Gasteiger charge is 2.22. The van der Waals surface area contributed by atoms with E-state index in [9.17, 15) is 13.2 Å². The second-order valence-electron chi connectivity index (χ2n) is 6.45. The summed E-state index contributed by atoms with van der Waals surface area (Å²) in [4.78, 5) is 12.9. The van der Waals surface area contributed by atoms with Gasteiger partial charge in [-0.3, -0.25) is 4.79 Å². The molecule has 6 heteroatoms. The van der Waals surface area contributed by atoms with E-state index in [-0.39, 0.29) is 21.7 Å². The number of sulfone groups is 1. The Morgan fingerprint density at radius 3 is 2.41 bits per heavy atom. The van der Waals surface area contributed by atoms with Crippen LogP contribution in [-0.2, 0) is 9.84 Å². The van der Waals surface area contributed by atoms with Crippen molar-refractivity contribution in [2.75, 3.05) is 11.1 Å². The van der Waals surface area contributed by atoms with Crippen LogP contribution in [-0.4, -0.2) is 19.5 Å². The molecule has 3 aromatic rings. The number of alkyl halides is 1. The smallest absolute Gasteiger partial charge is 0.196 e. The van der Waals surface area contributed by atoms with Gasteiger partial charge in [0.05, 0.1) is 11.1 Å². The lowest BCUT2D eigenvalue weighted by molar-refractivity contribution is 0.580. The van der Waals surface area contributed by atoms with Gasteiger partial charge in [-0.2, -0.15) is 0 Å². The van der Waals surface area contributed by atoms with Crippen LogP contribution in [0.4, 0.5) is 0 Å². The Morgan fingerprint density at radius 1 is 0.963 bits per heavy atom. The third-order valence-corrected chi connectivity index (χ3v) is 6.91. The molecule has 27 heavy (non-hydrogen) atoms. The molecule has 142 valence electrons. The molecule has 1 heterocycles. The number of fused-ring (bicyclic) bond motifs is 1. The molecule has 0 saturated heterocycles. The van der Waals surface area contributed by atoms with Gasteiger partial charge >= 0.3 is 0 Å². The Kier molecular flexibility index (Phi) is 6.17. The van der Waals surface area contributed by atoms with Crippen molar-refractivity contribution in [2.24, 2.45) is 0 Å². The molecule has 0 fully saturated rings. The van der Waals surface area contributed by atoms with Gasteiger partial charge in [-0.1, -0.05) is 58.7 Å². The number of hydrogen-bond acceptors (Lipinski definition) is 4. The van der Waals surface area contributed by atoms with Crippen molar-refractivity contribution in [2.45, 2.75) is 31.1 Å². The zero-order chi connectivity index (χ0) is 19.4. The molecule has 0 aliphatic heterocycles. The van der Waals surface area contributed by atoms with Crippen LogP contribution in [0.15, 0.2) is 62.6 Å². The van der Waals surface area contributed by atoms with Crippen molar-refractivity contribution >= 4 is 36.7 Å². The molecular weight excluding hydrogens is 428 g/mol. The fourth-order valence-corrected chi connectivity index (χ4v) is 4.99. The van der Waals surface area contributed by atoms with E-state index in [0.717, 1.165) is 23.7 Å². The standard InChI is InChI=1S/C21H21BrO4S/c1-15-19(23)17-11-8-12-18(27(24,25)14-7-3-6-13-22)21(17)26-20(15)16-9-4-2-5-10-16/h2,4-5,8-12H,3,6-7,13-14H2,1H3. The molecule has 0 bridgehead atoms. The Labute approximate surface area is 167 Å². The highest BCUT2D eigenvalue weighted by atomic mass is 79.9. The predicted octanol–water partition coefficient (Wildman–Crippen LogP) is 5.11. The Bertz CT molecular complexity index is 1100. The van der Waals surface area contributed by atoms with Gasteiger partial charge in [0.15, 0.2) is 20.8 Å². The summed E-state index contributed by atoms with van der Waals surface area (Å²) in [5, 5.41) is 1.16. The minimum absolute atomic E-state index is 0.0391. The molecule has 0 aliphatic rings. The fraction of sp³-hybridized carbons (Fsp3) is 0.286. The van der Waals surface area contributed by atoms with Gasteiger partial charge < -0.3 is 4.42 Å². The van der Waals surface area contributed by atoms with Gasteiger partial charge in [0.1, 0.15) is 10.7 Å². The van der Waals surface area contributed by atoms with Gasteiger partial charge in [0.25, 0.3) is 0 Å². The Hall–Kier alpha value is -1.92. The Balaban J connectivity index is 2.15. The number of unbranched alkanes of at least 4 members (excludes halogenated alkanes) is 2. The van der Waals surface area contributed by atoms with Crippen molar-refractivity contribution in [1.82, 2.24) is 0 Å². The van der Waals surface area contributed by atoms with E-state index < -0.39 is 9.84 Å². The summed E-state index contributed by atoms with van der Waals surface area (Å²) in [7, 11) is -3.54. The van der Waals surface area contributed by atoms with Crippen molar-refractivity contribution in [3.63, 3.8) is 0 Å². The lowest BCUT2D eigenvalue weighted by Crippen LogP contribution is -2.12. The largest absolute Gasteiger partial charge is 0.454 e. The first-order valence-corrected chi connectivity index (χ1v) is 11.6. The van der Waals surface area contributed by atoms with Gasteiger partial charge in [-0.15, -0.1) is 0 Å². The van der Waals surface area contributed by atoms with E-state index in [1.807, 2.05) is 30.3 Å². The van der Waals surface area contributed by atoms with Gasteiger partial charge in [0.2, 0.25) is 0 Å². The Morgan fingerprint density at radius 2 is 1.70 bits per heavy atom. The highest BCUT2D eigenvalue weighted by Crippen LogP contribution is 2.29. The number of halogens is 1. The first-order valence-electron chi connectivity index (χ1n) is 8.86. The van der Waals surface area contributed by atoms with Gasteiger partial charge in [-0.05, 0) is 31.9 Å². The van der Waals surface area contributed by atoms with E-state index in [2.05, 4.69) is 15.9 Å². The molecule has 1 aromatic heterocycles. The third-order valence-electron chi connectivity index (χ3n) is 4.53. The van der Waals surface area contributed by atoms with Gasteiger partial charge in [-0.25, -0.2) is 8.42 Å². The first-order chi connectivity index (χ1) is 13.0. The normalized spacial score (nSPS) is 11.8. The molecule has 0 radical (unpaired) electrons. The summed E-state index contributed by atoms with van der Waals surface area (Å²) in [5.74, 6) is 0.451. The minimum Gasteiger partial charge on any atom is -0.454 e. The number of rotatable bonds is 7. The molecule has 2 aromatic carbocycles. The monoisotopic (exact) mass is 448 g/mol. The zero-order valence-electron chi connectivity index (χ0n) is 15.1. The molecule has 0 atom stereocenters. The van der Waals surface area contributed by atoms with E-state index >= 15 is 0 Å². The topological polar surface area (TPSA) is 64.3 Å². The zero-order valence-corrected chi connectivity index (χ0v) is 17.5. The lowest BCUT2D eigenvalue weighted by Gasteiger charge is -2.11. The molecule has 3 rings (SSSR count). The van der Waals surface area contributed by atoms with Crippen molar-refractivity contribution in [3.8, 4) is 11.3 Å². The number of benzene rings is 2. The van der Waals surface area contributed by atoms with Crippen molar-refractivity contribution < 1.29 is 12.8 Å². The molecule has 0 aliphatic carbocycles. The van der Waals surface area contributed by atoms with Crippen LogP contribution in [0.25, 0.3) is 22.3 Å². The van der Waals surface area contributed by atoms with Crippen LogP contribution >= 0.6 is 15.9 Å². The average molecular weight is 449 g/mol. The predicted molar refractivity (Wildman–Crippen MR) is 112 cm³/mol. The summed E-state index contributed by atoms with van der Waals surface area (Å²) >= 11 is 3.35. The minimum atomic E-state index is -3.54. The summed E-state index contributed by atoms with van der Waals surface area (Å²) in [6, 6.07) is 14.0. The van der Waals surface area contributed by atoms with E-state index in [0.29, 0.717) is 23.1 Å². The van der Waals surface area contributed by atoms with Crippen LogP contribution in [0, 0.1) is 6.92 Å². The molecule has 4 nitrogen and oxygen atoms in total. The number of hydrogen-bond donors (Lipinski definition) is 0. The summed E-state index contributed by atoms with van der Waals surface area (Å²) in [5.41, 5.74) is 1.16. The second-order valence-corrected chi connectivity index (χ2v) is 9.32. The van der Waals surface area contributed by atoms with Crippen molar-refractivity contribution in [3.05, 3.63) is 64.3 Å². The quantitative estimate of drug-likeness (QED) is 0.372. The lowest BCUT2D eigenvalue weighted by atomic mass is 10.1. The fourth-order valence-electron chi connectivity index (χ4n) is 3.07. The summed E-state index contributed by atoms with van der Waals surface area (Å²) in [6.45, 7) is 1.70. The van der Waals surface area contributed by atoms with Crippen LogP contribution in [0.3, 0.4) is 0 Å². The molecule has 0 saturated carbocycles. The third kappa shape index (κ3) is 4.17. The number of para-hydroxylation sites is 1. The summed E-state index contributed by atoms with van der Waals surface area (Å²) in [6.07, 6.45) is 2.33. The molecular formula is C21H21BrO4S. The van der Waals surface area contributed by atoms with E-state index in [1.54, 1.807) is 19.1 Å². The molecule has 0 amide bonds. The maximum absolute atomic E-state index is 12.9. The van der Waals surface area contributed by atoms with Crippen molar-refractivity contribution in [1.29, 1.82) is 0 Å². The highest BCUT2D eigenvalue weighted by molar-refractivity contribution is 9.09. The van der Waals surface area contributed by atoms with E-state index in [1.165, 1.54) is 6.07 Å². The molecule has 0 spiro atoms. The molecule has 0 N–H and O–H groups in total. The van der Waals surface area contributed by atoms with E-state index in [4.69, 9.17) is 4.42 Å². The first kappa shape index (κ1) is 19.8. The van der Waals surface area contributed by atoms with Crippen LogP contribution in [0.1, 0.15) is 24.8 Å². The summed E-state index contributed by atoms with van der Waals surface area (Å²) < 4.78 is 31.8. The second kappa shape index (κ2) is 8.40.